The number of carboxylic acids is 1. The lowest BCUT2D eigenvalue weighted by atomic mass is 10.0. The van der Waals surface area contributed by atoms with Gasteiger partial charge in [-0.1, -0.05) is 13.8 Å². The van der Waals surface area contributed by atoms with E-state index in [4.69, 9.17) is 10.2 Å². The van der Waals surface area contributed by atoms with Crippen LogP contribution < -0.4 is 10.5 Å². The zero-order valence-corrected chi connectivity index (χ0v) is 12.0. The van der Waals surface area contributed by atoms with Crippen LogP contribution in [-0.4, -0.2) is 37.2 Å². The maximum atomic E-state index is 11.2. The summed E-state index contributed by atoms with van der Waals surface area (Å²) in [5.41, 5.74) is 0.0216. The summed E-state index contributed by atoms with van der Waals surface area (Å²) >= 11 is 0. The molecule has 1 aromatic carbocycles. The Balaban J connectivity index is 3.24. The van der Waals surface area contributed by atoms with E-state index in [0.29, 0.717) is 0 Å². The topological polar surface area (TPSA) is 130 Å². The van der Waals surface area contributed by atoms with Crippen molar-refractivity contribution in [3.8, 4) is 0 Å². The largest absolute Gasteiger partial charge is 0.478 e. The first-order valence-corrected chi connectivity index (χ1v) is 7.49. The van der Waals surface area contributed by atoms with Crippen molar-refractivity contribution in [3.05, 3.63) is 23.8 Å². The second-order valence-electron chi connectivity index (χ2n) is 4.73. The smallest absolute Gasteiger partial charge is 0.337 e. The lowest BCUT2D eigenvalue weighted by Crippen LogP contribution is -2.30. The van der Waals surface area contributed by atoms with Crippen molar-refractivity contribution >= 4 is 21.7 Å². The lowest BCUT2D eigenvalue weighted by molar-refractivity contribution is 0.0697. The fourth-order valence-electron chi connectivity index (χ4n) is 1.63. The molecule has 0 heterocycles. The molecule has 8 heteroatoms. The van der Waals surface area contributed by atoms with E-state index in [-0.39, 0.29) is 34.7 Å². The fraction of sp³-hybridized carbons (Fsp3) is 0.417. The third-order valence-corrected chi connectivity index (χ3v) is 3.80. The SMILES string of the molecule is CC(C)[C@@H](CO)Nc1ccc(S(N)(=O)=O)cc1C(=O)O. The second-order valence-corrected chi connectivity index (χ2v) is 6.30. The molecule has 0 saturated carbocycles. The Hall–Kier alpha value is -1.64. The normalized spacial score (nSPS) is 13.2. The first-order valence-electron chi connectivity index (χ1n) is 5.94. The highest BCUT2D eigenvalue weighted by Crippen LogP contribution is 2.22. The van der Waals surface area contributed by atoms with Crippen molar-refractivity contribution in [3.63, 3.8) is 0 Å². The molecule has 0 fully saturated rings. The van der Waals surface area contributed by atoms with Crippen molar-refractivity contribution in [1.82, 2.24) is 0 Å². The van der Waals surface area contributed by atoms with Crippen LogP contribution >= 0.6 is 0 Å². The Morgan fingerprint density at radius 1 is 1.40 bits per heavy atom. The number of nitrogens with two attached hydrogens (primary N) is 1. The van der Waals surface area contributed by atoms with Gasteiger partial charge < -0.3 is 15.5 Å². The molecule has 0 unspecified atom stereocenters. The molecule has 0 saturated heterocycles. The van der Waals surface area contributed by atoms with Crippen LogP contribution in [0.25, 0.3) is 0 Å². The maximum Gasteiger partial charge on any atom is 0.337 e. The maximum absolute atomic E-state index is 11.2. The van der Waals surface area contributed by atoms with Crippen molar-refractivity contribution in [2.24, 2.45) is 11.1 Å². The van der Waals surface area contributed by atoms with Crippen LogP contribution in [0.15, 0.2) is 23.1 Å². The minimum atomic E-state index is -3.97. The number of anilines is 1. The zero-order chi connectivity index (χ0) is 15.5. The van der Waals surface area contributed by atoms with Gasteiger partial charge in [-0.2, -0.15) is 0 Å². The highest BCUT2D eigenvalue weighted by atomic mass is 32.2. The number of aliphatic hydroxyl groups is 1. The Kier molecular flexibility index (Phi) is 5.09. The van der Waals surface area contributed by atoms with Gasteiger partial charge in [-0.05, 0) is 24.1 Å². The number of primary sulfonamides is 1. The third kappa shape index (κ3) is 3.92. The minimum Gasteiger partial charge on any atom is -0.478 e. The predicted octanol–water partition coefficient (Wildman–Crippen LogP) is 0.461. The number of sulfonamides is 1. The van der Waals surface area contributed by atoms with Crippen LogP contribution in [0.3, 0.4) is 0 Å². The van der Waals surface area contributed by atoms with E-state index in [1.807, 2.05) is 13.8 Å². The zero-order valence-electron chi connectivity index (χ0n) is 11.2. The third-order valence-electron chi connectivity index (χ3n) is 2.89. The number of carboxylic acid groups (broad SMARTS) is 1. The highest BCUT2D eigenvalue weighted by molar-refractivity contribution is 7.89. The number of rotatable bonds is 6. The molecule has 0 bridgehead atoms. The van der Waals surface area contributed by atoms with Gasteiger partial charge in [0, 0.05) is 5.69 Å². The number of benzene rings is 1. The van der Waals surface area contributed by atoms with Gasteiger partial charge in [-0.15, -0.1) is 0 Å². The molecule has 0 radical (unpaired) electrons. The van der Waals surface area contributed by atoms with E-state index in [9.17, 15) is 18.3 Å². The Morgan fingerprint density at radius 3 is 2.40 bits per heavy atom. The van der Waals surface area contributed by atoms with Crippen LogP contribution in [0.1, 0.15) is 24.2 Å². The number of aromatic carboxylic acids is 1. The van der Waals surface area contributed by atoms with Crippen LogP contribution in [0.2, 0.25) is 0 Å². The van der Waals surface area contributed by atoms with E-state index in [1.165, 1.54) is 12.1 Å². The molecule has 0 aliphatic rings. The Labute approximate surface area is 117 Å². The van der Waals surface area contributed by atoms with Crippen molar-refractivity contribution in [1.29, 1.82) is 0 Å². The van der Waals surface area contributed by atoms with Crippen LogP contribution in [0.4, 0.5) is 5.69 Å². The van der Waals surface area contributed by atoms with Gasteiger partial charge in [0.2, 0.25) is 10.0 Å². The van der Waals surface area contributed by atoms with Gasteiger partial charge in [0.15, 0.2) is 0 Å². The van der Waals surface area contributed by atoms with Crippen LogP contribution in [0, 0.1) is 5.92 Å². The quantitative estimate of drug-likeness (QED) is 0.604. The number of nitrogens with one attached hydrogen (secondary N) is 1. The lowest BCUT2D eigenvalue weighted by Gasteiger charge is -2.22. The van der Waals surface area contributed by atoms with E-state index in [2.05, 4.69) is 5.32 Å². The van der Waals surface area contributed by atoms with Gasteiger partial charge in [0.05, 0.1) is 23.1 Å². The molecule has 0 aromatic heterocycles. The molecule has 5 N–H and O–H groups in total. The van der Waals surface area contributed by atoms with Gasteiger partial charge in [0.1, 0.15) is 0 Å². The molecule has 20 heavy (non-hydrogen) atoms. The molecular weight excluding hydrogens is 284 g/mol. The van der Waals surface area contributed by atoms with Crippen LogP contribution in [-0.2, 0) is 10.0 Å². The van der Waals surface area contributed by atoms with Crippen molar-refractivity contribution in [2.45, 2.75) is 24.8 Å². The molecule has 0 amide bonds. The molecule has 0 spiro atoms. The van der Waals surface area contributed by atoms with Gasteiger partial charge in [-0.3, -0.25) is 0 Å². The summed E-state index contributed by atoms with van der Waals surface area (Å²) in [6, 6.07) is 3.20. The number of carbonyl (C=O) groups is 1. The molecule has 0 aliphatic carbocycles. The van der Waals surface area contributed by atoms with E-state index < -0.39 is 16.0 Å². The van der Waals surface area contributed by atoms with Crippen molar-refractivity contribution in [2.75, 3.05) is 11.9 Å². The summed E-state index contributed by atoms with van der Waals surface area (Å²) in [7, 11) is -3.97. The standard InChI is InChI=1S/C12H18N2O5S/c1-7(2)11(6-15)14-10-4-3-8(20(13,18)19)5-9(10)12(16)17/h3-5,7,11,14-15H,6H2,1-2H3,(H,16,17)(H2,13,18,19)/t11-/m1/s1. The Morgan fingerprint density at radius 2 is 2.00 bits per heavy atom. The first-order chi connectivity index (χ1) is 9.16. The number of aliphatic hydroxyl groups excluding tert-OH is 1. The van der Waals surface area contributed by atoms with E-state index in [1.54, 1.807) is 0 Å². The first kappa shape index (κ1) is 16.4. The molecule has 7 nitrogen and oxygen atoms in total. The molecular formula is C12H18N2O5S. The molecule has 1 atom stereocenters. The Bertz CT molecular complexity index is 598. The molecule has 1 rings (SSSR count). The van der Waals surface area contributed by atoms with Crippen molar-refractivity contribution < 1.29 is 23.4 Å². The highest BCUT2D eigenvalue weighted by Gasteiger charge is 2.19. The minimum absolute atomic E-state index is 0.0690. The average Bonchev–Trinajstić information content (AvgIpc) is 2.34. The number of hydrogen-bond donors (Lipinski definition) is 4. The van der Waals surface area contributed by atoms with Gasteiger partial charge in [-0.25, -0.2) is 18.4 Å². The number of hydrogen-bond acceptors (Lipinski definition) is 5. The summed E-state index contributed by atoms with van der Waals surface area (Å²) in [5, 5.41) is 26.2. The van der Waals surface area contributed by atoms with Gasteiger partial charge in [0.25, 0.3) is 0 Å². The average molecular weight is 302 g/mol. The summed E-state index contributed by atoms with van der Waals surface area (Å²) in [5.74, 6) is -1.21. The summed E-state index contributed by atoms with van der Waals surface area (Å²) in [6.45, 7) is 3.56. The monoisotopic (exact) mass is 302 g/mol. The van der Waals surface area contributed by atoms with Gasteiger partial charge >= 0.3 is 5.97 Å². The fourth-order valence-corrected chi connectivity index (χ4v) is 2.17. The van der Waals surface area contributed by atoms with Crippen LogP contribution in [0.5, 0.6) is 0 Å². The summed E-state index contributed by atoms with van der Waals surface area (Å²) < 4.78 is 22.5. The summed E-state index contributed by atoms with van der Waals surface area (Å²) in [4.78, 5) is 10.9. The van der Waals surface area contributed by atoms with E-state index in [0.717, 1.165) is 6.07 Å². The molecule has 0 aliphatic heterocycles. The molecule has 112 valence electrons. The summed E-state index contributed by atoms with van der Waals surface area (Å²) in [6.07, 6.45) is 0. The second kappa shape index (κ2) is 6.21. The molecule has 1 aromatic rings. The van der Waals surface area contributed by atoms with E-state index >= 15 is 0 Å². The predicted molar refractivity (Wildman–Crippen MR) is 74.1 cm³/mol.